The average Bonchev–Trinajstić information content (AvgIpc) is 3.60. The van der Waals surface area contributed by atoms with Gasteiger partial charge in [-0.05, 0) is 116 Å². The highest BCUT2D eigenvalue weighted by Gasteiger charge is 2.66. The van der Waals surface area contributed by atoms with Crippen molar-refractivity contribution in [3.8, 4) is 0 Å². The molecule has 5 rings (SSSR count). The van der Waals surface area contributed by atoms with E-state index in [0.29, 0.717) is 0 Å². The van der Waals surface area contributed by atoms with Gasteiger partial charge in [-0.3, -0.25) is 9.69 Å². The highest BCUT2D eigenvalue weighted by atomic mass is 32.2. The molecule has 2 aromatic rings. The van der Waals surface area contributed by atoms with Gasteiger partial charge in [-0.15, -0.1) is 23.5 Å². The molecule has 0 aliphatic carbocycles. The number of ketones is 1. The number of rotatable bonds is 7. The Balaban J connectivity index is 0.000000186. The number of nitrogens with zero attached hydrogens (tertiary/aromatic N) is 1. The summed E-state index contributed by atoms with van der Waals surface area (Å²) < 4.78 is 11.2. The largest absolute Gasteiger partial charge is 0.347 e. The topological polar surface area (TPSA) is 54.1 Å². The Bertz CT molecular complexity index is 1030. The molecule has 1 unspecified atom stereocenters. The third-order valence-corrected chi connectivity index (χ3v) is 9.66. The van der Waals surface area contributed by atoms with E-state index < -0.39 is 5.79 Å². The lowest BCUT2D eigenvalue weighted by Crippen LogP contribution is -2.52. The number of likely N-dealkylation sites (tertiary alicyclic amines) is 1. The molecule has 3 saturated heterocycles. The third-order valence-electron chi connectivity index (χ3n) is 8.17. The van der Waals surface area contributed by atoms with Crippen molar-refractivity contribution in [2.24, 2.45) is 0 Å². The van der Waals surface area contributed by atoms with Crippen LogP contribution in [0, 0.1) is 0 Å². The lowest BCUT2D eigenvalue weighted by atomic mass is 9.89. The average molecular weight is 587 g/mol. The maximum atomic E-state index is 12.7. The molecule has 3 fully saturated rings. The predicted octanol–water partition coefficient (Wildman–Crippen LogP) is 7.63. The molecular weight excluding hydrogens is 537 g/mol. The molecule has 3 aliphatic heterocycles. The van der Waals surface area contributed by atoms with Crippen molar-refractivity contribution in [2.45, 2.75) is 92.9 Å². The molecule has 222 valence electrons. The Morgan fingerprint density at radius 2 is 1.32 bits per heavy atom. The number of ether oxygens (including phenoxy) is 2. The fourth-order valence-corrected chi connectivity index (χ4v) is 6.27. The number of epoxide rings is 1. The Hall–Kier alpha value is -1.35. The van der Waals surface area contributed by atoms with Crippen molar-refractivity contribution in [1.82, 2.24) is 10.2 Å². The molecule has 1 atom stereocenters. The summed E-state index contributed by atoms with van der Waals surface area (Å²) in [5, 5.41) is 3.28. The number of Topliss-reactive ketones (excluding diaryl/α,β-unsaturated/α-hetero) is 1. The van der Waals surface area contributed by atoms with Crippen molar-refractivity contribution >= 4 is 29.3 Å². The molecule has 0 radical (unpaired) electrons. The second-order valence-corrected chi connectivity index (χ2v) is 13.4. The standard InChI is InChI=1S/C16H23NOS.C12H16O2S.C5H11N/c1-16(2,17-11-5-4-6-12-17)15(18)13-7-9-14(19-3)10-8-13;1-11(2)12(13-3,14-11)9-5-7-10(15-4)8-6-9;1-2-4-6-5-3-1/h7-10H,4-6,11-12H2,1-3H3;5-8H,1-4H3;6H,1-5H2. The first-order chi connectivity index (χ1) is 19.1. The lowest BCUT2D eigenvalue weighted by Gasteiger charge is -2.39. The van der Waals surface area contributed by atoms with Crippen LogP contribution < -0.4 is 5.32 Å². The van der Waals surface area contributed by atoms with Crippen LogP contribution in [0.5, 0.6) is 0 Å². The van der Waals surface area contributed by atoms with E-state index in [1.807, 2.05) is 38.1 Å². The number of thioether (sulfide) groups is 2. The summed E-state index contributed by atoms with van der Waals surface area (Å²) in [6.45, 7) is 12.8. The zero-order valence-corrected chi connectivity index (χ0v) is 27.3. The van der Waals surface area contributed by atoms with Crippen LogP contribution in [0.2, 0.25) is 0 Å². The number of nitrogens with one attached hydrogen (secondary N) is 1. The Morgan fingerprint density at radius 1 is 0.850 bits per heavy atom. The van der Waals surface area contributed by atoms with Gasteiger partial charge >= 0.3 is 0 Å². The zero-order valence-electron chi connectivity index (χ0n) is 25.7. The summed E-state index contributed by atoms with van der Waals surface area (Å²) in [4.78, 5) is 17.5. The number of methoxy groups -OCH3 is 1. The normalized spacial score (nSPS) is 22.3. The van der Waals surface area contributed by atoms with E-state index >= 15 is 0 Å². The van der Waals surface area contributed by atoms with Gasteiger partial charge in [0.15, 0.2) is 5.78 Å². The summed E-state index contributed by atoms with van der Waals surface area (Å²) in [5.74, 6) is -0.300. The molecule has 0 aromatic heterocycles. The summed E-state index contributed by atoms with van der Waals surface area (Å²) in [6, 6.07) is 16.3. The van der Waals surface area contributed by atoms with E-state index in [1.54, 1.807) is 30.6 Å². The Kier molecular flexibility index (Phi) is 12.6. The second kappa shape index (κ2) is 15.2. The minimum atomic E-state index is -0.538. The van der Waals surface area contributed by atoms with Crippen LogP contribution in [0.25, 0.3) is 0 Å². The second-order valence-electron chi connectivity index (χ2n) is 11.6. The predicted molar refractivity (Wildman–Crippen MR) is 171 cm³/mol. The van der Waals surface area contributed by atoms with Crippen LogP contribution in [-0.4, -0.2) is 67.6 Å². The fourth-order valence-electron chi connectivity index (χ4n) is 5.45. The van der Waals surface area contributed by atoms with Gasteiger partial charge in [-0.25, -0.2) is 0 Å². The van der Waals surface area contributed by atoms with Crippen LogP contribution in [0.15, 0.2) is 58.3 Å². The maximum Gasteiger partial charge on any atom is 0.225 e. The molecule has 1 N–H and O–H groups in total. The summed E-state index contributed by atoms with van der Waals surface area (Å²) in [5.41, 5.74) is 1.31. The van der Waals surface area contributed by atoms with E-state index in [2.05, 4.69) is 60.8 Å². The van der Waals surface area contributed by atoms with Crippen LogP contribution in [-0.2, 0) is 15.3 Å². The first kappa shape index (κ1) is 33.2. The Morgan fingerprint density at radius 3 is 1.70 bits per heavy atom. The van der Waals surface area contributed by atoms with Crippen LogP contribution in [0.3, 0.4) is 0 Å². The summed E-state index contributed by atoms with van der Waals surface area (Å²) in [6.07, 6.45) is 12.0. The molecule has 0 amide bonds. The van der Waals surface area contributed by atoms with Crippen molar-refractivity contribution < 1.29 is 14.3 Å². The van der Waals surface area contributed by atoms with E-state index in [9.17, 15) is 4.79 Å². The number of hydrogen-bond acceptors (Lipinski definition) is 7. The molecule has 5 nitrogen and oxygen atoms in total. The third kappa shape index (κ3) is 8.36. The van der Waals surface area contributed by atoms with Crippen molar-refractivity contribution in [3.05, 3.63) is 59.7 Å². The first-order valence-electron chi connectivity index (χ1n) is 14.7. The van der Waals surface area contributed by atoms with Gasteiger partial charge in [-0.2, -0.15) is 0 Å². The molecule has 0 spiro atoms. The van der Waals surface area contributed by atoms with Gasteiger partial charge in [0.1, 0.15) is 5.60 Å². The zero-order chi connectivity index (χ0) is 29.2. The van der Waals surface area contributed by atoms with E-state index in [4.69, 9.17) is 9.47 Å². The molecule has 3 aliphatic rings. The maximum absolute atomic E-state index is 12.7. The highest BCUT2D eigenvalue weighted by molar-refractivity contribution is 7.98. The van der Waals surface area contributed by atoms with Crippen molar-refractivity contribution in [2.75, 3.05) is 45.8 Å². The van der Waals surface area contributed by atoms with Gasteiger partial charge < -0.3 is 14.8 Å². The number of carbonyl (C=O) groups is 1. The van der Waals surface area contributed by atoms with Crippen molar-refractivity contribution in [3.63, 3.8) is 0 Å². The van der Waals surface area contributed by atoms with E-state index in [-0.39, 0.29) is 16.9 Å². The SMILES string of the molecule is C1CCNCC1.COC1(c2ccc(SC)cc2)OC1(C)C.CSc1ccc(C(=O)C(C)(C)N2CCCCC2)cc1. The van der Waals surface area contributed by atoms with E-state index in [1.165, 1.54) is 61.4 Å². The molecule has 3 heterocycles. The number of benzene rings is 2. The summed E-state index contributed by atoms with van der Waals surface area (Å²) in [7, 11) is 1.69. The lowest BCUT2D eigenvalue weighted by molar-refractivity contribution is -0.0148. The van der Waals surface area contributed by atoms with Gasteiger partial charge in [0.05, 0.1) is 5.54 Å². The first-order valence-corrected chi connectivity index (χ1v) is 17.1. The highest BCUT2D eigenvalue weighted by Crippen LogP contribution is 2.55. The van der Waals surface area contributed by atoms with Gasteiger partial charge in [-0.1, -0.05) is 37.1 Å². The molecular formula is C33H50N2O3S2. The van der Waals surface area contributed by atoms with Crippen molar-refractivity contribution in [1.29, 1.82) is 0 Å². The molecule has 2 aromatic carbocycles. The number of piperidine rings is 2. The molecule has 40 heavy (non-hydrogen) atoms. The van der Waals surface area contributed by atoms with Crippen LogP contribution >= 0.6 is 23.5 Å². The van der Waals surface area contributed by atoms with Crippen LogP contribution in [0.1, 0.15) is 82.1 Å². The van der Waals surface area contributed by atoms with Gasteiger partial charge in [0.2, 0.25) is 5.79 Å². The monoisotopic (exact) mass is 586 g/mol. The molecule has 7 heteroatoms. The Labute approximate surface area is 251 Å². The minimum absolute atomic E-state index is 0.220. The molecule has 0 saturated carbocycles. The number of hydrogen-bond donors (Lipinski definition) is 1. The molecule has 0 bridgehead atoms. The minimum Gasteiger partial charge on any atom is -0.347 e. The van der Waals surface area contributed by atoms with Gasteiger partial charge in [0, 0.05) is 28.0 Å². The smallest absolute Gasteiger partial charge is 0.225 e. The quantitative estimate of drug-likeness (QED) is 0.203. The number of carbonyl (C=O) groups excluding carboxylic acids is 1. The van der Waals surface area contributed by atoms with Gasteiger partial charge in [0.25, 0.3) is 0 Å². The van der Waals surface area contributed by atoms with E-state index in [0.717, 1.165) is 24.2 Å². The van der Waals surface area contributed by atoms with Crippen LogP contribution in [0.4, 0.5) is 0 Å². The fraction of sp³-hybridized carbons (Fsp3) is 0.606. The summed E-state index contributed by atoms with van der Waals surface area (Å²) >= 11 is 3.44.